The summed E-state index contributed by atoms with van der Waals surface area (Å²) in [6.45, 7) is 1.54. The average molecular weight is 208 g/mol. The first-order valence-corrected chi connectivity index (χ1v) is 5.26. The number of benzene rings is 1. The fourth-order valence-electron chi connectivity index (χ4n) is 1.28. The molecule has 0 bridgehead atoms. The first-order valence-electron chi connectivity index (χ1n) is 4.49. The van der Waals surface area contributed by atoms with Crippen molar-refractivity contribution in [3.63, 3.8) is 0 Å². The third-order valence-corrected chi connectivity index (χ3v) is 2.81. The number of anilines is 1. The number of fused-ring (bicyclic) bond motifs is 1. The first kappa shape index (κ1) is 9.43. The van der Waals surface area contributed by atoms with Gasteiger partial charge in [0.1, 0.15) is 5.00 Å². The molecule has 0 atom stereocenters. The van der Waals surface area contributed by atoms with E-state index in [0.29, 0.717) is 6.61 Å². The molecular formula is C10H12N2OS. The van der Waals surface area contributed by atoms with Gasteiger partial charge in [-0.2, -0.15) is 4.37 Å². The number of aromatic nitrogens is 1. The molecular weight excluding hydrogens is 196 g/mol. The normalized spacial score (nSPS) is 10.6. The minimum absolute atomic E-state index is 0.715. The van der Waals surface area contributed by atoms with Gasteiger partial charge in [0.2, 0.25) is 0 Å². The number of methoxy groups -OCH3 is 1. The molecule has 0 aliphatic heterocycles. The van der Waals surface area contributed by atoms with E-state index in [4.69, 9.17) is 4.74 Å². The molecule has 0 saturated heterocycles. The molecule has 0 unspecified atom stereocenters. The Morgan fingerprint density at radius 1 is 1.43 bits per heavy atom. The molecule has 0 aliphatic rings. The van der Waals surface area contributed by atoms with Gasteiger partial charge in [-0.3, -0.25) is 0 Å². The number of rotatable bonds is 4. The molecule has 1 N–H and O–H groups in total. The molecule has 4 heteroatoms. The maximum absolute atomic E-state index is 4.97. The minimum Gasteiger partial charge on any atom is -0.383 e. The van der Waals surface area contributed by atoms with E-state index in [2.05, 4.69) is 15.8 Å². The molecule has 0 fully saturated rings. The summed E-state index contributed by atoms with van der Waals surface area (Å²) < 4.78 is 9.31. The van der Waals surface area contributed by atoms with Crippen molar-refractivity contribution in [1.82, 2.24) is 4.37 Å². The second kappa shape index (κ2) is 4.39. The van der Waals surface area contributed by atoms with E-state index in [0.717, 1.165) is 17.1 Å². The molecule has 74 valence electrons. The second-order valence-corrected chi connectivity index (χ2v) is 3.72. The molecule has 2 aromatic rings. The van der Waals surface area contributed by atoms with Crippen molar-refractivity contribution in [2.45, 2.75) is 0 Å². The van der Waals surface area contributed by atoms with Crippen molar-refractivity contribution in [2.75, 3.05) is 25.6 Å². The zero-order chi connectivity index (χ0) is 9.80. The fraction of sp³-hybridized carbons (Fsp3) is 0.300. The Balaban J connectivity index is 2.17. The van der Waals surface area contributed by atoms with E-state index in [1.807, 2.05) is 18.2 Å². The van der Waals surface area contributed by atoms with Crippen LogP contribution in [0.4, 0.5) is 5.00 Å². The van der Waals surface area contributed by atoms with E-state index in [1.54, 1.807) is 7.11 Å². The minimum atomic E-state index is 0.715. The lowest BCUT2D eigenvalue weighted by atomic mass is 10.2. The molecule has 0 spiro atoms. The highest BCUT2D eigenvalue weighted by Crippen LogP contribution is 2.26. The van der Waals surface area contributed by atoms with E-state index >= 15 is 0 Å². The van der Waals surface area contributed by atoms with Crippen molar-refractivity contribution >= 4 is 27.4 Å². The molecule has 3 nitrogen and oxygen atoms in total. The van der Waals surface area contributed by atoms with Gasteiger partial charge in [-0.05, 0) is 23.7 Å². The van der Waals surface area contributed by atoms with Crippen LogP contribution in [-0.4, -0.2) is 24.6 Å². The van der Waals surface area contributed by atoms with Crippen LogP contribution in [0.15, 0.2) is 24.3 Å². The van der Waals surface area contributed by atoms with Gasteiger partial charge in [0.05, 0.1) is 12.1 Å². The van der Waals surface area contributed by atoms with Gasteiger partial charge in [-0.1, -0.05) is 12.1 Å². The van der Waals surface area contributed by atoms with Crippen LogP contribution in [0.5, 0.6) is 0 Å². The zero-order valence-electron chi connectivity index (χ0n) is 7.99. The summed E-state index contributed by atoms with van der Waals surface area (Å²) in [6, 6.07) is 8.13. The van der Waals surface area contributed by atoms with Crippen LogP contribution in [-0.2, 0) is 4.74 Å². The summed E-state index contributed by atoms with van der Waals surface area (Å²) in [5.41, 5.74) is 1.05. The molecule has 1 heterocycles. The maximum atomic E-state index is 4.97. The summed E-state index contributed by atoms with van der Waals surface area (Å²) in [6.07, 6.45) is 0. The highest BCUT2D eigenvalue weighted by atomic mass is 32.1. The third-order valence-electron chi connectivity index (χ3n) is 1.98. The number of ether oxygens (including phenoxy) is 1. The van der Waals surface area contributed by atoms with Gasteiger partial charge < -0.3 is 10.1 Å². The molecule has 0 saturated carbocycles. The van der Waals surface area contributed by atoms with E-state index in [1.165, 1.54) is 16.9 Å². The zero-order valence-corrected chi connectivity index (χ0v) is 8.80. The number of hydrogen-bond acceptors (Lipinski definition) is 4. The van der Waals surface area contributed by atoms with Gasteiger partial charge in [-0.25, -0.2) is 0 Å². The van der Waals surface area contributed by atoms with Gasteiger partial charge in [0.25, 0.3) is 0 Å². The molecule has 1 aromatic heterocycles. The lowest BCUT2D eigenvalue weighted by Gasteiger charge is -2.01. The summed E-state index contributed by atoms with van der Waals surface area (Å²) in [5, 5.41) is 5.61. The van der Waals surface area contributed by atoms with Gasteiger partial charge >= 0.3 is 0 Å². The SMILES string of the molecule is COCCNc1snc2ccccc12. The quantitative estimate of drug-likeness (QED) is 0.783. The largest absolute Gasteiger partial charge is 0.383 e. The van der Waals surface area contributed by atoms with Crippen molar-refractivity contribution < 1.29 is 4.74 Å². The lowest BCUT2D eigenvalue weighted by molar-refractivity contribution is 0.211. The van der Waals surface area contributed by atoms with Crippen LogP contribution >= 0.6 is 11.5 Å². The number of hydrogen-bond donors (Lipinski definition) is 1. The average Bonchev–Trinajstić information content (AvgIpc) is 2.63. The fourth-order valence-corrected chi connectivity index (χ4v) is 2.07. The summed E-state index contributed by atoms with van der Waals surface area (Å²) in [4.78, 5) is 0. The predicted octanol–water partition coefficient (Wildman–Crippen LogP) is 2.35. The molecule has 1 aromatic carbocycles. The monoisotopic (exact) mass is 208 g/mol. The predicted molar refractivity (Wildman–Crippen MR) is 60.0 cm³/mol. The summed E-state index contributed by atoms with van der Waals surface area (Å²) in [7, 11) is 1.70. The Bertz CT molecular complexity index is 413. The van der Waals surface area contributed by atoms with Gasteiger partial charge in [-0.15, -0.1) is 0 Å². The van der Waals surface area contributed by atoms with Crippen molar-refractivity contribution in [1.29, 1.82) is 0 Å². The Morgan fingerprint density at radius 3 is 3.14 bits per heavy atom. The van der Waals surface area contributed by atoms with Crippen LogP contribution in [0.2, 0.25) is 0 Å². The standard InChI is InChI=1S/C10H12N2OS/c1-13-7-6-11-10-8-4-2-3-5-9(8)12-14-10/h2-5,11H,6-7H2,1H3. The van der Waals surface area contributed by atoms with Gasteiger partial charge in [0.15, 0.2) is 0 Å². The Labute approximate surface area is 86.9 Å². The van der Waals surface area contributed by atoms with Crippen LogP contribution in [0.3, 0.4) is 0 Å². The number of nitrogens with one attached hydrogen (secondary N) is 1. The molecule has 0 aliphatic carbocycles. The van der Waals surface area contributed by atoms with Crippen LogP contribution in [0, 0.1) is 0 Å². The highest BCUT2D eigenvalue weighted by Gasteiger charge is 2.03. The molecule has 14 heavy (non-hydrogen) atoms. The van der Waals surface area contributed by atoms with E-state index < -0.39 is 0 Å². The summed E-state index contributed by atoms with van der Waals surface area (Å²) >= 11 is 1.50. The van der Waals surface area contributed by atoms with E-state index in [9.17, 15) is 0 Å². The number of nitrogens with zero attached hydrogens (tertiary/aromatic N) is 1. The third kappa shape index (κ3) is 1.86. The molecule has 0 amide bonds. The Kier molecular flexibility index (Phi) is 2.96. The Hall–Kier alpha value is -1.13. The van der Waals surface area contributed by atoms with Crippen molar-refractivity contribution in [3.05, 3.63) is 24.3 Å². The van der Waals surface area contributed by atoms with E-state index in [-0.39, 0.29) is 0 Å². The van der Waals surface area contributed by atoms with Crippen LogP contribution < -0.4 is 5.32 Å². The summed E-state index contributed by atoms with van der Waals surface area (Å²) in [5.74, 6) is 0. The Morgan fingerprint density at radius 2 is 2.29 bits per heavy atom. The highest BCUT2D eigenvalue weighted by molar-refractivity contribution is 7.11. The molecule has 2 rings (SSSR count). The first-order chi connectivity index (χ1) is 6.92. The van der Waals surface area contributed by atoms with Crippen LogP contribution in [0.1, 0.15) is 0 Å². The van der Waals surface area contributed by atoms with Crippen molar-refractivity contribution in [3.8, 4) is 0 Å². The lowest BCUT2D eigenvalue weighted by Crippen LogP contribution is -2.06. The smallest absolute Gasteiger partial charge is 0.117 e. The van der Waals surface area contributed by atoms with Crippen LogP contribution in [0.25, 0.3) is 10.9 Å². The molecule has 0 radical (unpaired) electrons. The maximum Gasteiger partial charge on any atom is 0.117 e. The van der Waals surface area contributed by atoms with Crippen molar-refractivity contribution in [2.24, 2.45) is 0 Å². The topological polar surface area (TPSA) is 34.1 Å². The van der Waals surface area contributed by atoms with Gasteiger partial charge in [0, 0.05) is 19.0 Å². The second-order valence-electron chi connectivity index (χ2n) is 2.95.